The lowest BCUT2D eigenvalue weighted by atomic mass is 10.3. The zero-order valence-corrected chi connectivity index (χ0v) is 7.99. The van der Waals surface area contributed by atoms with E-state index < -0.39 is 0 Å². The topological polar surface area (TPSA) is 44.1 Å². The van der Waals surface area contributed by atoms with Gasteiger partial charge in [0, 0.05) is 32.5 Å². The highest BCUT2D eigenvalue weighted by Crippen LogP contribution is 2.01. The SMILES string of the molecule is CCn1ccnc1C(=O)CCOC. The first-order chi connectivity index (χ1) is 6.29. The molecule has 0 saturated carbocycles. The van der Waals surface area contributed by atoms with Gasteiger partial charge >= 0.3 is 0 Å². The number of aryl methyl sites for hydroxylation is 1. The Labute approximate surface area is 77.5 Å². The first-order valence-electron chi connectivity index (χ1n) is 4.32. The van der Waals surface area contributed by atoms with Crippen LogP contribution in [-0.4, -0.2) is 29.1 Å². The molecule has 0 aromatic carbocycles. The number of hydrogen-bond acceptors (Lipinski definition) is 3. The molecule has 0 radical (unpaired) electrons. The summed E-state index contributed by atoms with van der Waals surface area (Å²) in [6.07, 6.45) is 3.84. The van der Waals surface area contributed by atoms with Crippen molar-refractivity contribution < 1.29 is 9.53 Å². The van der Waals surface area contributed by atoms with Gasteiger partial charge in [0.05, 0.1) is 6.61 Å². The molecule has 0 saturated heterocycles. The fourth-order valence-corrected chi connectivity index (χ4v) is 1.12. The lowest BCUT2D eigenvalue weighted by Gasteiger charge is -2.02. The van der Waals surface area contributed by atoms with E-state index in [4.69, 9.17) is 4.74 Å². The molecule has 4 nitrogen and oxygen atoms in total. The summed E-state index contributed by atoms with van der Waals surface area (Å²) >= 11 is 0. The molecule has 1 heterocycles. The molecule has 0 fully saturated rings. The zero-order chi connectivity index (χ0) is 9.68. The molecule has 0 bridgehead atoms. The molecule has 0 unspecified atom stereocenters. The largest absolute Gasteiger partial charge is 0.384 e. The number of carbonyl (C=O) groups excluding carboxylic acids is 1. The zero-order valence-electron chi connectivity index (χ0n) is 7.99. The molecule has 0 N–H and O–H groups in total. The van der Waals surface area contributed by atoms with Gasteiger partial charge in [0.15, 0.2) is 5.82 Å². The monoisotopic (exact) mass is 182 g/mol. The van der Waals surface area contributed by atoms with Crippen LogP contribution in [0.25, 0.3) is 0 Å². The quantitative estimate of drug-likeness (QED) is 0.641. The number of Topliss-reactive ketones (excluding diaryl/α,β-unsaturated/α-hetero) is 1. The second-order valence-corrected chi connectivity index (χ2v) is 2.70. The first kappa shape index (κ1) is 9.92. The maximum atomic E-state index is 11.5. The van der Waals surface area contributed by atoms with E-state index in [1.54, 1.807) is 19.5 Å². The van der Waals surface area contributed by atoms with Crippen LogP contribution in [0.2, 0.25) is 0 Å². The Morgan fingerprint density at radius 2 is 2.46 bits per heavy atom. The normalized spacial score (nSPS) is 10.3. The highest BCUT2D eigenvalue weighted by atomic mass is 16.5. The predicted octanol–water partition coefficient (Wildman–Crippen LogP) is 1.12. The molecular formula is C9H14N2O2. The Kier molecular flexibility index (Phi) is 3.64. The van der Waals surface area contributed by atoms with Crippen LogP contribution in [0.15, 0.2) is 12.4 Å². The van der Waals surface area contributed by atoms with Crippen LogP contribution < -0.4 is 0 Å². The minimum absolute atomic E-state index is 0.0358. The summed E-state index contributed by atoms with van der Waals surface area (Å²) in [5, 5.41) is 0. The minimum atomic E-state index is 0.0358. The van der Waals surface area contributed by atoms with Crippen LogP contribution in [0.1, 0.15) is 24.0 Å². The average Bonchev–Trinajstić information content (AvgIpc) is 2.61. The number of nitrogens with zero attached hydrogens (tertiary/aromatic N) is 2. The maximum Gasteiger partial charge on any atom is 0.200 e. The number of ether oxygens (including phenoxy) is 1. The van der Waals surface area contributed by atoms with Crippen LogP contribution in [0.4, 0.5) is 0 Å². The molecule has 4 heteroatoms. The van der Waals surface area contributed by atoms with E-state index in [0.29, 0.717) is 18.9 Å². The third kappa shape index (κ3) is 2.39. The summed E-state index contributed by atoms with van der Waals surface area (Å²) in [5.74, 6) is 0.563. The second-order valence-electron chi connectivity index (χ2n) is 2.70. The maximum absolute atomic E-state index is 11.5. The molecule has 0 atom stereocenters. The molecule has 1 aromatic rings. The van der Waals surface area contributed by atoms with Crippen molar-refractivity contribution in [2.24, 2.45) is 0 Å². The van der Waals surface area contributed by atoms with Crippen molar-refractivity contribution >= 4 is 5.78 Å². The standard InChI is InChI=1S/C9H14N2O2/c1-3-11-6-5-10-9(11)8(12)4-7-13-2/h5-6H,3-4,7H2,1-2H3. The van der Waals surface area contributed by atoms with Gasteiger partial charge in [-0.1, -0.05) is 0 Å². The first-order valence-corrected chi connectivity index (χ1v) is 4.32. The molecule has 13 heavy (non-hydrogen) atoms. The summed E-state index contributed by atoms with van der Waals surface area (Å²) in [5.41, 5.74) is 0. The summed E-state index contributed by atoms with van der Waals surface area (Å²) in [4.78, 5) is 15.5. The molecule has 72 valence electrons. The van der Waals surface area contributed by atoms with Gasteiger partial charge in [0.2, 0.25) is 5.78 Å². The summed E-state index contributed by atoms with van der Waals surface area (Å²) < 4.78 is 6.66. The van der Waals surface area contributed by atoms with Crippen LogP contribution in [-0.2, 0) is 11.3 Å². The van der Waals surface area contributed by atoms with Crippen molar-refractivity contribution in [3.8, 4) is 0 Å². The van der Waals surface area contributed by atoms with Crippen LogP contribution in [0.5, 0.6) is 0 Å². The Bertz CT molecular complexity index is 281. The van der Waals surface area contributed by atoms with Gasteiger partial charge in [0.25, 0.3) is 0 Å². The lowest BCUT2D eigenvalue weighted by Crippen LogP contribution is -2.11. The van der Waals surface area contributed by atoms with Crippen molar-refractivity contribution in [2.45, 2.75) is 19.9 Å². The van der Waals surface area contributed by atoms with E-state index in [1.807, 2.05) is 11.5 Å². The number of ketones is 1. The summed E-state index contributed by atoms with van der Waals surface area (Å²) in [6.45, 7) is 3.21. The Morgan fingerprint density at radius 1 is 1.69 bits per heavy atom. The molecule has 0 aliphatic heterocycles. The number of aromatic nitrogens is 2. The van der Waals surface area contributed by atoms with Gasteiger partial charge < -0.3 is 9.30 Å². The number of hydrogen-bond donors (Lipinski definition) is 0. The van der Waals surface area contributed by atoms with Crippen LogP contribution in [0.3, 0.4) is 0 Å². The number of rotatable bonds is 5. The Morgan fingerprint density at radius 3 is 3.08 bits per heavy atom. The van der Waals surface area contributed by atoms with Gasteiger partial charge in [0.1, 0.15) is 0 Å². The third-order valence-corrected chi connectivity index (χ3v) is 1.84. The third-order valence-electron chi connectivity index (χ3n) is 1.84. The van der Waals surface area contributed by atoms with E-state index in [2.05, 4.69) is 4.98 Å². The van der Waals surface area contributed by atoms with Gasteiger partial charge in [-0.25, -0.2) is 4.98 Å². The minimum Gasteiger partial charge on any atom is -0.384 e. The average molecular weight is 182 g/mol. The fourth-order valence-electron chi connectivity index (χ4n) is 1.12. The van der Waals surface area contributed by atoms with E-state index >= 15 is 0 Å². The van der Waals surface area contributed by atoms with Gasteiger partial charge in [-0.3, -0.25) is 4.79 Å². The molecule has 1 aromatic heterocycles. The smallest absolute Gasteiger partial charge is 0.200 e. The lowest BCUT2D eigenvalue weighted by molar-refractivity contribution is 0.0918. The number of methoxy groups -OCH3 is 1. The van der Waals surface area contributed by atoms with Crippen LogP contribution >= 0.6 is 0 Å². The Hall–Kier alpha value is -1.16. The summed E-state index contributed by atoms with van der Waals surface area (Å²) in [6, 6.07) is 0. The van der Waals surface area contributed by atoms with Gasteiger partial charge in [-0.2, -0.15) is 0 Å². The highest BCUT2D eigenvalue weighted by molar-refractivity contribution is 5.92. The number of carbonyl (C=O) groups is 1. The molecule has 0 aliphatic carbocycles. The van der Waals surface area contributed by atoms with Crippen LogP contribution in [0, 0.1) is 0 Å². The van der Waals surface area contributed by atoms with Crippen molar-refractivity contribution in [1.29, 1.82) is 0 Å². The molecular weight excluding hydrogens is 168 g/mol. The molecule has 0 aliphatic rings. The van der Waals surface area contributed by atoms with E-state index in [1.165, 1.54) is 0 Å². The van der Waals surface area contributed by atoms with Crippen molar-refractivity contribution in [1.82, 2.24) is 9.55 Å². The molecule has 0 amide bonds. The van der Waals surface area contributed by atoms with Crippen molar-refractivity contribution in [3.05, 3.63) is 18.2 Å². The van der Waals surface area contributed by atoms with E-state index in [0.717, 1.165) is 6.54 Å². The van der Waals surface area contributed by atoms with E-state index in [-0.39, 0.29) is 5.78 Å². The van der Waals surface area contributed by atoms with Gasteiger partial charge in [-0.05, 0) is 6.92 Å². The van der Waals surface area contributed by atoms with Gasteiger partial charge in [-0.15, -0.1) is 0 Å². The fraction of sp³-hybridized carbons (Fsp3) is 0.556. The predicted molar refractivity (Wildman–Crippen MR) is 48.7 cm³/mol. The highest BCUT2D eigenvalue weighted by Gasteiger charge is 2.10. The molecule has 1 rings (SSSR count). The van der Waals surface area contributed by atoms with Crippen molar-refractivity contribution in [2.75, 3.05) is 13.7 Å². The summed E-state index contributed by atoms with van der Waals surface area (Å²) in [7, 11) is 1.58. The Balaban J connectivity index is 2.65. The van der Waals surface area contributed by atoms with Crippen molar-refractivity contribution in [3.63, 3.8) is 0 Å². The van der Waals surface area contributed by atoms with E-state index in [9.17, 15) is 4.79 Å². The second kappa shape index (κ2) is 4.77. The number of imidazole rings is 1. The molecule has 0 spiro atoms.